The van der Waals surface area contributed by atoms with Crippen LogP contribution in [0.25, 0.3) is 6.08 Å². The molecule has 0 bridgehead atoms. The molecular formula is C7H6NO3S-. The van der Waals surface area contributed by atoms with E-state index in [2.05, 4.69) is 5.32 Å². The fraction of sp³-hybridized carbons (Fsp3) is 0.143. The van der Waals surface area contributed by atoms with E-state index < -0.39 is 11.1 Å². The zero-order valence-corrected chi connectivity index (χ0v) is 6.89. The van der Waals surface area contributed by atoms with Crippen molar-refractivity contribution in [2.45, 2.75) is 11.6 Å². The van der Waals surface area contributed by atoms with Crippen molar-refractivity contribution in [2.24, 2.45) is 0 Å². The SMILES string of the molecule is O=S([O-])c1cc2c(o1)CNC=C2. The van der Waals surface area contributed by atoms with Crippen molar-refractivity contribution < 1.29 is 13.2 Å². The van der Waals surface area contributed by atoms with Gasteiger partial charge in [-0.2, -0.15) is 0 Å². The summed E-state index contributed by atoms with van der Waals surface area (Å²) in [6, 6.07) is 1.51. The highest BCUT2D eigenvalue weighted by Gasteiger charge is 2.10. The van der Waals surface area contributed by atoms with Gasteiger partial charge >= 0.3 is 0 Å². The van der Waals surface area contributed by atoms with E-state index >= 15 is 0 Å². The summed E-state index contributed by atoms with van der Waals surface area (Å²) in [5.74, 6) is 0.664. The molecular weight excluding hydrogens is 178 g/mol. The van der Waals surface area contributed by atoms with Gasteiger partial charge < -0.3 is 14.3 Å². The van der Waals surface area contributed by atoms with Crippen molar-refractivity contribution in [3.8, 4) is 0 Å². The second-order valence-corrected chi connectivity index (χ2v) is 3.26. The van der Waals surface area contributed by atoms with Crippen LogP contribution in [0.2, 0.25) is 0 Å². The predicted octanol–water partition coefficient (Wildman–Crippen LogP) is 0.592. The number of rotatable bonds is 1. The predicted molar refractivity (Wildman–Crippen MR) is 41.8 cm³/mol. The second-order valence-electron chi connectivity index (χ2n) is 2.39. The van der Waals surface area contributed by atoms with Crippen molar-refractivity contribution >= 4 is 17.2 Å². The normalized spacial score (nSPS) is 16.8. The molecule has 12 heavy (non-hydrogen) atoms. The fourth-order valence-electron chi connectivity index (χ4n) is 1.08. The van der Waals surface area contributed by atoms with E-state index in [0.29, 0.717) is 12.3 Å². The van der Waals surface area contributed by atoms with Crippen LogP contribution >= 0.6 is 0 Å². The average Bonchev–Trinajstić information content (AvgIpc) is 2.46. The molecule has 1 aliphatic heterocycles. The molecule has 0 aromatic carbocycles. The van der Waals surface area contributed by atoms with E-state index in [1.165, 1.54) is 6.07 Å². The minimum absolute atomic E-state index is 0.00616. The fourth-order valence-corrected chi connectivity index (χ4v) is 1.47. The van der Waals surface area contributed by atoms with Gasteiger partial charge in [-0.1, -0.05) is 0 Å². The summed E-state index contributed by atoms with van der Waals surface area (Å²) in [7, 11) is 0. The minimum atomic E-state index is -2.27. The molecule has 0 aliphatic carbocycles. The molecule has 5 heteroatoms. The lowest BCUT2D eigenvalue weighted by molar-refractivity contribution is 0.399. The van der Waals surface area contributed by atoms with E-state index in [1.54, 1.807) is 12.3 Å². The van der Waals surface area contributed by atoms with Crippen molar-refractivity contribution in [3.63, 3.8) is 0 Å². The smallest absolute Gasteiger partial charge is 0.177 e. The number of fused-ring (bicyclic) bond motifs is 1. The molecule has 0 fully saturated rings. The highest BCUT2D eigenvalue weighted by molar-refractivity contribution is 7.79. The van der Waals surface area contributed by atoms with E-state index in [4.69, 9.17) is 4.42 Å². The number of furan rings is 1. The lowest BCUT2D eigenvalue weighted by Gasteiger charge is -2.03. The van der Waals surface area contributed by atoms with Gasteiger partial charge in [0.2, 0.25) is 0 Å². The summed E-state index contributed by atoms with van der Waals surface area (Å²) >= 11 is -2.27. The summed E-state index contributed by atoms with van der Waals surface area (Å²) in [6.07, 6.45) is 3.54. The zero-order chi connectivity index (χ0) is 8.55. The molecule has 1 N–H and O–H groups in total. The third-order valence-electron chi connectivity index (χ3n) is 1.63. The Morgan fingerprint density at radius 2 is 2.50 bits per heavy atom. The molecule has 0 radical (unpaired) electrons. The quantitative estimate of drug-likeness (QED) is 0.649. The second kappa shape index (κ2) is 2.76. The first-order valence-corrected chi connectivity index (χ1v) is 4.47. The van der Waals surface area contributed by atoms with Crippen LogP contribution < -0.4 is 5.32 Å². The first-order chi connectivity index (χ1) is 5.77. The van der Waals surface area contributed by atoms with Gasteiger partial charge in [0.15, 0.2) is 5.09 Å². The monoisotopic (exact) mass is 184 g/mol. The topological polar surface area (TPSA) is 65.3 Å². The van der Waals surface area contributed by atoms with Crippen molar-refractivity contribution in [1.82, 2.24) is 5.32 Å². The minimum Gasteiger partial charge on any atom is -0.766 e. The molecule has 0 spiro atoms. The molecule has 1 atom stereocenters. The molecule has 4 nitrogen and oxygen atoms in total. The molecule has 1 aromatic heterocycles. The average molecular weight is 184 g/mol. The van der Waals surface area contributed by atoms with Gasteiger partial charge in [0.25, 0.3) is 0 Å². The van der Waals surface area contributed by atoms with Crippen LogP contribution in [0, 0.1) is 0 Å². The third-order valence-corrected chi connectivity index (χ3v) is 2.16. The summed E-state index contributed by atoms with van der Waals surface area (Å²) in [4.78, 5) is 0. The van der Waals surface area contributed by atoms with Crippen molar-refractivity contribution in [2.75, 3.05) is 0 Å². The summed E-state index contributed by atoms with van der Waals surface area (Å²) in [6.45, 7) is 0.545. The van der Waals surface area contributed by atoms with E-state index in [0.717, 1.165) is 5.56 Å². The number of hydrogen-bond acceptors (Lipinski definition) is 4. The maximum atomic E-state index is 10.5. The van der Waals surface area contributed by atoms with Crippen LogP contribution in [-0.4, -0.2) is 8.76 Å². The molecule has 1 aromatic rings. The molecule has 1 aliphatic rings. The highest BCUT2D eigenvalue weighted by atomic mass is 32.2. The Kier molecular flexibility index (Phi) is 1.74. The summed E-state index contributed by atoms with van der Waals surface area (Å²) in [5, 5.41) is 2.91. The highest BCUT2D eigenvalue weighted by Crippen LogP contribution is 2.21. The lowest BCUT2D eigenvalue weighted by Crippen LogP contribution is -2.07. The maximum absolute atomic E-state index is 10.5. The van der Waals surface area contributed by atoms with E-state index in [1.807, 2.05) is 0 Å². The van der Waals surface area contributed by atoms with E-state index in [-0.39, 0.29) is 5.09 Å². The molecule has 1 unspecified atom stereocenters. The lowest BCUT2D eigenvalue weighted by atomic mass is 10.2. The number of nitrogens with one attached hydrogen (secondary N) is 1. The largest absolute Gasteiger partial charge is 0.766 e. The molecule has 64 valence electrons. The molecule has 0 amide bonds. The van der Waals surface area contributed by atoms with E-state index in [9.17, 15) is 8.76 Å². The Hall–Kier alpha value is -1.07. The van der Waals surface area contributed by atoms with Crippen molar-refractivity contribution in [3.05, 3.63) is 23.6 Å². The Morgan fingerprint density at radius 3 is 3.17 bits per heavy atom. The first-order valence-electron chi connectivity index (χ1n) is 3.39. The molecule has 2 heterocycles. The standard InChI is InChI=1S/C7H7NO3S/c9-12(10)7-3-5-1-2-8-4-6(5)11-7/h1-3,8H,4H2,(H,9,10)/p-1. The van der Waals surface area contributed by atoms with Gasteiger partial charge in [-0.25, -0.2) is 0 Å². The van der Waals surface area contributed by atoms with Gasteiger partial charge in [-0.05, 0) is 18.3 Å². The van der Waals surface area contributed by atoms with Gasteiger partial charge in [0.1, 0.15) is 5.76 Å². The van der Waals surface area contributed by atoms with Gasteiger partial charge in [0, 0.05) is 16.6 Å². The number of hydrogen-bond donors (Lipinski definition) is 1. The molecule has 0 saturated heterocycles. The Morgan fingerprint density at radius 1 is 1.67 bits per heavy atom. The maximum Gasteiger partial charge on any atom is 0.177 e. The Bertz CT molecular complexity index is 356. The zero-order valence-electron chi connectivity index (χ0n) is 6.07. The van der Waals surface area contributed by atoms with Gasteiger partial charge in [-0.3, -0.25) is 4.21 Å². The Balaban J connectivity index is 2.46. The van der Waals surface area contributed by atoms with Crippen LogP contribution in [-0.2, 0) is 17.6 Å². The first kappa shape index (κ1) is 7.57. The Labute approximate surface area is 71.6 Å². The third kappa shape index (κ3) is 1.17. The van der Waals surface area contributed by atoms with Crippen LogP contribution in [0.1, 0.15) is 11.3 Å². The van der Waals surface area contributed by atoms with Gasteiger partial charge in [0.05, 0.1) is 6.54 Å². The molecule has 2 rings (SSSR count). The van der Waals surface area contributed by atoms with Gasteiger partial charge in [-0.15, -0.1) is 0 Å². The molecule has 0 saturated carbocycles. The van der Waals surface area contributed by atoms with Crippen LogP contribution in [0.3, 0.4) is 0 Å². The van der Waals surface area contributed by atoms with Crippen LogP contribution in [0.15, 0.2) is 21.8 Å². The summed E-state index contributed by atoms with van der Waals surface area (Å²) < 4.78 is 26.0. The van der Waals surface area contributed by atoms with Crippen molar-refractivity contribution in [1.29, 1.82) is 0 Å². The van der Waals surface area contributed by atoms with Crippen LogP contribution in [0.4, 0.5) is 0 Å². The summed E-state index contributed by atoms with van der Waals surface area (Å²) in [5.41, 5.74) is 0.827. The van der Waals surface area contributed by atoms with Crippen LogP contribution in [0.5, 0.6) is 0 Å².